The summed E-state index contributed by atoms with van der Waals surface area (Å²) in [6.07, 6.45) is -14.3. The summed E-state index contributed by atoms with van der Waals surface area (Å²) in [7, 11) is 0. The maximum absolute atomic E-state index is 13.4. The molecule has 3 rings (SSSR count). The van der Waals surface area contributed by atoms with E-state index in [1.54, 1.807) is 4.98 Å². The van der Waals surface area contributed by atoms with Crippen molar-refractivity contribution in [3.05, 3.63) is 67.8 Å². The second-order valence-corrected chi connectivity index (χ2v) is 7.05. The van der Waals surface area contributed by atoms with Crippen molar-refractivity contribution < 1.29 is 39.5 Å². The Balaban J connectivity index is 2.30. The zero-order valence-electron chi connectivity index (χ0n) is 14.8. The normalized spacial score (nSPS) is 13.0. The van der Waals surface area contributed by atoms with Gasteiger partial charge in [-0.05, 0) is 12.1 Å². The minimum atomic E-state index is -5.19. The van der Waals surface area contributed by atoms with Crippen LogP contribution in [-0.2, 0) is 18.5 Å². The van der Waals surface area contributed by atoms with Crippen LogP contribution in [0.25, 0.3) is 17.1 Å². The van der Waals surface area contributed by atoms with Crippen LogP contribution in [0.1, 0.15) is 16.8 Å². The van der Waals surface area contributed by atoms with Gasteiger partial charge in [0.25, 0.3) is 5.56 Å². The van der Waals surface area contributed by atoms with Crippen molar-refractivity contribution in [2.24, 2.45) is 0 Å². The van der Waals surface area contributed by atoms with Gasteiger partial charge in [-0.25, -0.2) is 4.98 Å². The molecule has 0 unspecified atom stereocenters. The number of pyridine rings is 1. The van der Waals surface area contributed by atoms with Crippen molar-refractivity contribution in [2.75, 3.05) is 0 Å². The van der Waals surface area contributed by atoms with E-state index in [0.29, 0.717) is 22.9 Å². The number of rotatable bonds is 2. The Morgan fingerprint density at radius 1 is 0.844 bits per heavy atom. The van der Waals surface area contributed by atoms with Crippen LogP contribution in [0.3, 0.4) is 0 Å². The number of H-pyrrole nitrogens is 1. The first-order chi connectivity index (χ1) is 14.5. The highest BCUT2D eigenvalue weighted by atomic mass is 35.5. The van der Waals surface area contributed by atoms with Gasteiger partial charge < -0.3 is 4.98 Å². The fourth-order valence-corrected chi connectivity index (χ4v) is 3.36. The number of imidazole rings is 1. The number of halogens is 11. The SMILES string of the molecule is O=c1cc(C(F)(F)F)c(-c2ncc(C(F)(F)F)[nH]2)cn1-c1c(Cl)cc(C(F)(F)F)cc1Cl. The molecule has 0 radical (unpaired) electrons. The van der Waals surface area contributed by atoms with Crippen molar-refractivity contribution in [2.45, 2.75) is 18.5 Å². The molecule has 2 aromatic heterocycles. The molecule has 0 spiro atoms. The first-order valence-electron chi connectivity index (χ1n) is 8.03. The Kier molecular flexibility index (Phi) is 5.79. The van der Waals surface area contributed by atoms with Gasteiger partial charge in [-0.1, -0.05) is 23.2 Å². The topological polar surface area (TPSA) is 50.7 Å². The number of nitrogens with zero attached hydrogens (tertiary/aromatic N) is 2. The molecule has 0 bridgehead atoms. The van der Waals surface area contributed by atoms with E-state index in [0.717, 1.165) is 0 Å². The van der Waals surface area contributed by atoms with Gasteiger partial charge in [-0.15, -0.1) is 0 Å². The molecule has 1 N–H and O–H groups in total. The van der Waals surface area contributed by atoms with E-state index < -0.39 is 68.0 Å². The summed E-state index contributed by atoms with van der Waals surface area (Å²) in [5.41, 5.74) is -7.42. The van der Waals surface area contributed by atoms with Crippen LogP contribution in [0, 0.1) is 0 Å². The van der Waals surface area contributed by atoms with E-state index >= 15 is 0 Å². The second kappa shape index (κ2) is 7.73. The van der Waals surface area contributed by atoms with Gasteiger partial charge in [0.15, 0.2) is 0 Å². The summed E-state index contributed by atoms with van der Waals surface area (Å²) in [6.45, 7) is 0. The summed E-state index contributed by atoms with van der Waals surface area (Å²) < 4.78 is 118. The molecule has 0 saturated heterocycles. The maximum Gasteiger partial charge on any atom is 0.432 e. The number of hydrogen-bond donors (Lipinski definition) is 1. The minimum Gasteiger partial charge on any atom is -0.334 e. The van der Waals surface area contributed by atoms with Crippen LogP contribution >= 0.6 is 23.2 Å². The molecule has 4 nitrogen and oxygen atoms in total. The monoisotopic (exact) mass is 509 g/mol. The van der Waals surface area contributed by atoms with Crippen LogP contribution < -0.4 is 5.56 Å². The van der Waals surface area contributed by atoms with Gasteiger partial charge in [0, 0.05) is 17.8 Å². The molecule has 0 atom stereocenters. The molecule has 1 aromatic carbocycles. The molecular weight excluding hydrogens is 504 g/mol. The summed E-state index contributed by atoms with van der Waals surface area (Å²) >= 11 is 11.6. The molecule has 3 aromatic rings. The lowest BCUT2D eigenvalue weighted by Crippen LogP contribution is -2.23. The molecule has 0 aliphatic rings. The van der Waals surface area contributed by atoms with Crippen LogP contribution in [0.2, 0.25) is 10.0 Å². The first-order valence-corrected chi connectivity index (χ1v) is 8.79. The van der Waals surface area contributed by atoms with Gasteiger partial charge in [0.1, 0.15) is 11.5 Å². The summed E-state index contributed by atoms with van der Waals surface area (Å²) in [5.74, 6) is -0.905. The Labute approximate surface area is 181 Å². The van der Waals surface area contributed by atoms with Crippen LogP contribution in [0.5, 0.6) is 0 Å². The molecule has 0 fully saturated rings. The van der Waals surface area contributed by atoms with Gasteiger partial charge in [-0.3, -0.25) is 9.36 Å². The van der Waals surface area contributed by atoms with E-state index in [9.17, 15) is 44.3 Å². The predicted molar refractivity (Wildman–Crippen MR) is 94.6 cm³/mol. The maximum atomic E-state index is 13.4. The Morgan fingerprint density at radius 2 is 1.41 bits per heavy atom. The molecule has 0 aliphatic carbocycles. The van der Waals surface area contributed by atoms with E-state index in [4.69, 9.17) is 23.2 Å². The molecule has 2 heterocycles. The lowest BCUT2D eigenvalue weighted by atomic mass is 10.1. The van der Waals surface area contributed by atoms with Crippen molar-refractivity contribution in [1.29, 1.82) is 0 Å². The zero-order valence-corrected chi connectivity index (χ0v) is 16.4. The van der Waals surface area contributed by atoms with Crippen LogP contribution in [0.15, 0.2) is 35.4 Å². The Hall–Kier alpha value is -2.67. The fourth-order valence-electron chi connectivity index (χ4n) is 2.69. The molecular formula is C17H6Cl2F9N3O. The van der Waals surface area contributed by atoms with Crippen molar-refractivity contribution >= 4 is 23.2 Å². The summed E-state index contributed by atoms with van der Waals surface area (Å²) in [4.78, 5) is 17.3. The molecule has 0 aliphatic heterocycles. The van der Waals surface area contributed by atoms with Gasteiger partial charge >= 0.3 is 18.5 Å². The third kappa shape index (κ3) is 4.58. The Morgan fingerprint density at radius 3 is 1.84 bits per heavy atom. The average molecular weight is 510 g/mol. The minimum absolute atomic E-state index is 0.0371. The molecule has 15 heteroatoms. The quantitative estimate of drug-likeness (QED) is 0.396. The predicted octanol–water partition coefficient (Wildman–Crippen LogP) is 6.59. The average Bonchev–Trinajstić information content (AvgIpc) is 3.10. The van der Waals surface area contributed by atoms with Gasteiger partial charge in [0.2, 0.25) is 0 Å². The third-order valence-electron chi connectivity index (χ3n) is 4.08. The third-order valence-corrected chi connectivity index (χ3v) is 4.66. The smallest absolute Gasteiger partial charge is 0.334 e. The molecule has 0 saturated carbocycles. The summed E-state index contributed by atoms with van der Waals surface area (Å²) in [5, 5.41) is -1.49. The second-order valence-electron chi connectivity index (χ2n) is 6.24. The highest BCUT2D eigenvalue weighted by molar-refractivity contribution is 6.37. The number of alkyl halides is 9. The largest absolute Gasteiger partial charge is 0.432 e. The van der Waals surface area contributed by atoms with Crippen molar-refractivity contribution in [1.82, 2.24) is 14.5 Å². The van der Waals surface area contributed by atoms with E-state index in [1.165, 1.54) is 0 Å². The molecule has 0 amide bonds. The van der Waals surface area contributed by atoms with Gasteiger partial charge in [-0.2, -0.15) is 39.5 Å². The highest BCUT2D eigenvalue weighted by Gasteiger charge is 2.38. The lowest BCUT2D eigenvalue weighted by Gasteiger charge is -2.17. The number of nitrogens with one attached hydrogen (secondary N) is 1. The molecule has 172 valence electrons. The van der Waals surface area contributed by atoms with Gasteiger partial charge in [0.05, 0.1) is 33.1 Å². The number of hydrogen-bond acceptors (Lipinski definition) is 2. The summed E-state index contributed by atoms with van der Waals surface area (Å²) in [6, 6.07) is 0.817. The van der Waals surface area contributed by atoms with E-state index in [1.807, 2.05) is 0 Å². The highest BCUT2D eigenvalue weighted by Crippen LogP contribution is 2.40. The number of aromatic amines is 1. The van der Waals surface area contributed by atoms with Crippen LogP contribution in [0.4, 0.5) is 39.5 Å². The fraction of sp³-hybridized carbons (Fsp3) is 0.176. The van der Waals surface area contributed by atoms with Crippen molar-refractivity contribution in [3.63, 3.8) is 0 Å². The standard InChI is InChI=1S/C17H6Cl2F9N3O/c18-9-1-6(15(20,21)22)2-10(19)13(9)31-5-7(8(3-12(31)32)16(23,24)25)14-29-4-11(30-14)17(26,27)28/h1-5H,(H,29,30). The number of aromatic nitrogens is 3. The van der Waals surface area contributed by atoms with Crippen molar-refractivity contribution in [3.8, 4) is 17.1 Å². The van der Waals surface area contributed by atoms with E-state index in [2.05, 4.69) is 4.98 Å². The molecule has 32 heavy (non-hydrogen) atoms. The zero-order chi connectivity index (χ0) is 24.2. The van der Waals surface area contributed by atoms with Crippen LogP contribution in [-0.4, -0.2) is 14.5 Å². The number of benzene rings is 1. The lowest BCUT2D eigenvalue weighted by molar-refractivity contribution is -0.141. The Bertz CT molecular complexity index is 1220. The van der Waals surface area contributed by atoms with E-state index in [-0.39, 0.29) is 12.3 Å². The first kappa shape index (κ1) is 24.0.